The Bertz CT molecular complexity index is 1970. The van der Waals surface area contributed by atoms with Crippen molar-refractivity contribution in [2.24, 2.45) is 39.6 Å². The summed E-state index contributed by atoms with van der Waals surface area (Å²) >= 11 is 0. The van der Waals surface area contributed by atoms with Gasteiger partial charge < -0.3 is 65.3 Å². The van der Waals surface area contributed by atoms with Gasteiger partial charge in [0.2, 0.25) is 41.4 Å². The zero-order chi connectivity index (χ0) is 48.8. The molecule has 0 spiro atoms. The Kier molecular flexibility index (Phi) is 22.5. The van der Waals surface area contributed by atoms with Gasteiger partial charge in [-0.3, -0.25) is 38.6 Å². The lowest BCUT2D eigenvalue weighted by molar-refractivity contribution is -0.142. The van der Waals surface area contributed by atoms with Crippen molar-refractivity contribution in [3.63, 3.8) is 0 Å². The summed E-state index contributed by atoms with van der Waals surface area (Å²) in [6, 6.07) is 8.65. The maximum atomic E-state index is 14.3. The molecule has 1 aliphatic heterocycles. The fourth-order valence-corrected chi connectivity index (χ4v) is 7.50. The fraction of sp³-hybridized carbons (Fsp3) is 0.533. The van der Waals surface area contributed by atoms with Crippen LogP contribution in [-0.4, -0.2) is 125 Å². The highest BCUT2D eigenvalue weighted by Crippen LogP contribution is 2.20. The first-order chi connectivity index (χ1) is 31.4. The van der Waals surface area contributed by atoms with Crippen molar-refractivity contribution in [2.45, 2.75) is 127 Å². The second-order valence-corrected chi connectivity index (χ2v) is 16.9. The number of guanidine groups is 1. The summed E-state index contributed by atoms with van der Waals surface area (Å²) in [5.74, 6) is -7.03. The molecule has 3 rings (SSSR count). The number of amides is 7. The third kappa shape index (κ3) is 18.5. The molecule has 1 aliphatic rings. The molecule has 0 aliphatic carbocycles. The topological polar surface area (TPSA) is 363 Å². The van der Waals surface area contributed by atoms with Crippen molar-refractivity contribution in [2.75, 3.05) is 19.6 Å². The number of aliphatic carboxylic acids is 1. The number of nitrogens with one attached hydrogen (secondary N) is 5. The Morgan fingerprint density at radius 3 is 1.79 bits per heavy atom. The lowest BCUT2D eigenvalue weighted by atomic mass is 10.00. The number of benzene rings is 2. The average molecular weight is 921 g/mol. The summed E-state index contributed by atoms with van der Waals surface area (Å²) in [6.45, 7) is 4.42. The van der Waals surface area contributed by atoms with Gasteiger partial charge in [0.15, 0.2) is 5.96 Å². The van der Waals surface area contributed by atoms with Gasteiger partial charge in [-0.2, -0.15) is 0 Å². The van der Waals surface area contributed by atoms with Crippen molar-refractivity contribution in [3.05, 3.63) is 71.8 Å². The van der Waals surface area contributed by atoms with E-state index in [1.807, 2.05) is 13.8 Å². The van der Waals surface area contributed by atoms with Crippen LogP contribution in [0.1, 0.15) is 82.8 Å². The van der Waals surface area contributed by atoms with Gasteiger partial charge >= 0.3 is 5.97 Å². The maximum absolute atomic E-state index is 14.3. The van der Waals surface area contributed by atoms with Crippen LogP contribution in [0.3, 0.4) is 0 Å². The van der Waals surface area contributed by atoms with E-state index in [4.69, 9.17) is 28.7 Å². The number of carboxylic acids is 1. The summed E-state index contributed by atoms with van der Waals surface area (Å²) in [6.07, 6.45) is 1.95. The zero-order valence-electron chi connectivity index (χ0n) is 37.8. The predicted molar refractivity (Wildman–Crippen MR) is 246 cm³/mol. The monoisotopic (exact) mass is 921 g/mol. The number of unbranched alkanes of at least 4 members (excludes halogenated alkanes) is 1. The van der Waals surface area contributed by atoms with Gasteiger partial charge in [0.1, 0.15) is 36.3 Å². The van der Waals surface area contributed by atoms with E-state index >= 15 is 0 Å². The number of aliphatic imine (C=N–C) groups is 1. The van der Waals surface area contributed by atoms with Crippen molar-refractivity contribution in [1.29, 1.82) is 0 Å². The van der Waals surface area contributed by atoms with Crippen LogP contribution < -0.4 is 55.3 Å². The Morgan fingerprint density at radius 1 is 0.697 bits per heavy atom. The van der Waals surface area contributed by atoms with Crippen LogP contribution in [0, 0.1) is 5.92 Å². The molecule has 66 heavy (non-hydrogen) atoms. The van der Waals surface area contributed by atoms with E-state index < -0.39 is 96.0 Å². The molecule has 21 nitrogen and oxygen atoms in total. The predicted octanol–water partition coefficient (Wildman–Crippen LogP) is -1.60. The molecule has 0 unspecified atom stereocenters. The molecule has 0 aromatic heterocycles. The van der Waals surface area contributed by atoms with E-state index in [1.165, 1.54) is 4.90 Å². The SMILES string of the molecule is CC(C)C[C@H](NC(=O)[C@H](Cc1ccccc1)NC(=O)[C@H](CC(N)=O)NC(=O)[C@@H]1CCCN1C(=O)[C@@H](N)CCCCN)C(=O)N[C@@H](CCCN=C(N)N)C(=O)N[C@@H](Cc1ccccc1)C(=O)O. The van der Waals surface area contributed by atoms with E-state index in [2.05, 4.69) is 31.6 Å². The van der Waals surface area contributed by atoms with Crippen LogP contribution in [0.4, 0.5) is 0 Å². The Labute approximate surface area is 385 Å². The number of rotatable bonds is 28. The van der Waals surface area contributed by atoms with Crippen molar-refractivity contribution < 1.29 is 43.5 Å². The summed E-state index contributed by atoms with van der Waals surface area (Å²) < 4.78 is 0. The summed E-state index contributed by atoms with van der Waals surface area (Å²) in [5.41, 5.74) is 29.5. The molecule has 7 amide bonds. The molecule has 1 saturated heterocycles. The molecular formula is C45H68N12O9. The molecule has 7 atom stereocenters. The molecule has 16 N–H and O–H groups in total. The van der Waals surface area contributed by atoms with E-state index in [0.717, 1.165) is 0 Å². The van der Waals surface area contributed by atoms with Crippen molar-refractivity contribution >= 4 is 53.3 Å². The summed E-state index contributed by atoms with van der Waals surface area (Å²) in [5, 5.41) is 23.1. The molecule has 0 radical (unpaired) electrons. The first-order valence-corrected chi connectivity index (χ1v) is 22.3. The van der Waals surface area contributed by atoms with Crippen LogP contribution in [0.15, 0.2) is 65.7 Å². The number of carbonyl (C=O) groups excluding carboxylic acids is 7. The van der Waals surface area contributed by atoms with Crippen LogP contribution >= 0.6 is 0 Å². The molecule has 2 aromatic rings. The Balaban J connectivity index is 1.86. The largest absolute Gasteiger partial charge is 0.480 e. The van der Waals surface area contributed by atoms with Gasteiger partial charge in [0.05, 0.1) is 12.5 Å². The second kappa shape index (κ2) is 27.7. The normalized spacial score (nSPS) is 16.1. The lowest BCUT2D eigenvalue weighted by Gasteiger charge is -2.29. The first-order valence-electron chi connectivity index (χ1n) is 22.3. The minimum Gasteiger partial charge on any atom is -0.480 e. The standard InChI is InChI=1S/C45H68N12O9/c1-27(2)23-32(39(60)52-31(18-11-21-51-45(49)50)38(59)56-35(44(65)66)25-29-15-7-4-8-16-29)53-40(61)33(24-28-13-5-3-6-14-28)54-41(62)34(26-37(48)58)55-42(63)36-19-12-22-57(36)43(64)30(47)17-9-10-20-46/h3-8,13-16,27,30-36H,9-12,17-26,46-47H2,1-2H3,(H2,48,58)(H,52,60)(H,53,61)(H,54,62)(H,55,63)(H,56,59)(H,65,66)(H4,49,50,51)/t30-,31-,32-,33-,34-,35-,36-/m0/s1. The molecule has 1 heterocycles. The molecule has 1 fully saturated rings. The van der Waals surface area contributed by atoms with E-state index in [1.54, 1.807) is 60.7 Å². The smallest absolute Gasteiger partial charge is 0.326 e. The number of carbonyl (C=O) groups is 8. The average Bonchev–Trinajstić information content (AvgIpc) is 3.77. The number of hydrogen-bond acceptors (Lipinski definition) is 11. The van der Waals surface area contributed by atoms with E-state index in [-0.39, 0.29) is 63.5 Å². The second-order valence-electron chi connectivity index (χ2n) is 16.9. The molecule has 362 valence electrons. The molecule has 21 heteroatoms. The highest BCUT2D eigenvalue weighted by Gasteiger charge is 2.39. The van der Waals surface area contributed by atoms with Crippen molar-refractivity contribution in [1.82, 2.24) is 31.5 Å². The van der Waals surface area contributed by atoms with Crippen molar-refractivity contribution in [3.8, 4) is 0 Å². The van der Waals surface area contributed by atoms with E-state index in [0.29, 0.717) is 43.4 Å². The van der Waals surface area contributed by atoms with E-state index in [9.17, 15) is 43.5 Å². The number of nitrogens with two attached hydrogens (primary N) is 5. The van der Waals surface area contributed by atoms with Gasteiger partial charge in [0.25, 0.3) is 0 Å². The van der Waals surface area contributed by atoms with Gasteiger partial charge in [-0.25, -0.2) is 4.79 Å². The fourth-order valence-electron chi connectivity index (χ4n) is 7.50. The molecule has 2 aromatic carbocycles. The minimum absolute atomic E-state index is 0.0115. The Morgan fingerprint density at radius 2 is 1.23 bits per heavy atom. The highest BCUT2D eigenvalue weighted by molar-refractivity contribution is 5.98. The zero-order valence-corrected chi connectivity index (χ0v) is 37.8. The van der Waals surface area contributed by atoms with Gasteiger partial charge in [-0.05, 0) is 68.5 Å². The number of primary amides is 1. The number of nitrogens with zero attached hydrogens (tertiary/aromatic N) is 2. The lowest BCUT2D eigenvalue weighted by Crippen LogP contribution is -2.60. The Hall–Kier alpha value is -6.61. The summed E-state index contributed by atoms with van der Waals surface area (Å²) in [7, 11) is 0. The van der Waals surface area contributed by atoms with Crippen LogP contribution in [0.25, 0.3) is 0 Å². The van der Waals surface area contributed by atoms with Crippen LogP contribution in [0.2, 0.25) is 0 Å². The number of likely N-dealkylation sites (tertiary alicyclic amines) is 1. The maximum Gasteiger partial charge on any atom is 0.326 e. The third-order valence-electron chi connectivity index (χ3n) is 10.9. The van der Waals surface area contributed by atoms with Gasteiger partial charge in [-0.15, -0.1) is 0 Å². The van der Waals surface area contributed by atoms with Crippen LogP contribution in [0.5, 0.6) is 0 Å². The number of hydrogen-bond donors (Lipinski definition) is 11. The molecule has 0 saturated carbocycles. The molecular weight excluding hydrogens is 853 g/mol. The molecule has 0 bridgehead atoms. The first kappa shape index (κ1) is 53.7. The van der Waals surface area contributed by atoms with Gasteiger partial charge in [0, 0.05) is 25.9 Å². The van der Waals surface area contributed by atoms with Gasteiger partial charge in [-0.1, -0.05) is 80.9 Å². The minimum atomic E-state index is -1.55. The van der Waals surface area contributed by atoms with Crippen LogP contribution in [-0.2, 0) is 51.2 Å². The third-order valence-corrected chi connectivity index (χ3v) is 10.9. The quantitative estimate of drug-likeness (QED) is 0.0261. The number of carboxylic acid groups (broad SMARTS) is 1. The highest BCUT2D eigenvalue weighted by atomic mass is 16.4. The summed E-state index contributed by atoms with van der Waals surface area (Å²) in [4.78, 5) is 113.